The minimum Gasteiger partial charge on any atom is -0.282 e. The summed E-state index contributed by atoms with van der Waals surface area (Å²) in [7, 11) is 0. The van der Waals surface area contributed by atoms with Gasteiger partial charge in [-0.2, -0.15) is 0 Å². The molecule has 3 rings (SSSR count). The Morgan fingerprint density at radius 3 is 1.41 bits per heavy atom. The van der Waals surface area contributed by atoms with Gasteiger partial charge in [0.1, 0.15) is 0 Å². The van der Waals surface area contributed by atoms with E-state index in [0.717, 1.165) is 25.7 Å². The van der Waals surface area contributed by atoms with Crippen molar-refractivity contribution in [1.29, 1.82) is 0 Å². The Morgan fingerprint density at radius 2 is 1.05 bits per heavy atom. The molecule has 2 atom stereocenters. The smallest absolute Gasteiger partial charge is 0.229 e. The van der Waals surface area contributed by atoms with Gasteiger partial charge in [-0.05, 0) is 31.1 Å². The van der Waals surface area contributed by atoms with Gasteiger partial charge in [-0.15, -0.1) is 0 Å². The number of nitrogens with zero attached hydrogens (tertiary/aromatic N) is 2. The van der Waals surface area contributed by atoms with Crippen LogP contribution < -0.4 is 0 Å². The van der Waals surface area contributed by atoms with E-state index in [4.69, 9.17) is 0 Å². The van der Waals surface area contributed by atoms with E-state index >= 15 is 0 Å². The first-order valence-corrected chi connectivity index (χ1v) is 8.21. The summed E-state index contributed by atoms with van der Waals surface area (Å²) in [5.74, 6) is 0.373. The summed E-state index contributed by atoms with van der Waals surface area (Å²) >= 11 is 0. The van der Waals surface area contributed by atoms with Crippen LogP contribution in [0.15, 0.2) is 0 Å². The molecule has 1 aliphatic carbocycles. The van der Waals surface area contributed by atoms with Crippen molar-refractivity contribution < 1.29 is 19.2 Å². The number of likely N-dealkylation sites (tertiary alicyclic amines) is 2. The second kappa shape index (κ2) is 6.18. The lowest BCUT2D eigenvalue weighted by atomic mass is 9.81. The maximum Gasteiger partial charge on any atom is 0.229 e. The van der Waals surface area contributed by atoms with E-state index in [-0.39, 0.29) is 23.6 Å². The third-order valence-electron chi connectivity index (χ3n) is 5.08. The minimum atomic E-state index is -0.0583. The van der Waals surface area contributed by atoms with Gasteiger partial charge >= 0.3 is 0 Å². The molecule has 0 bridgehead atoms. The van der Waals surface area contributed by atoms with Crippen LogP contribution in [0.4, 0.5) is 0 Å². The molecule has 120 valence electrons. The van der Waals surface area contributed by atoms with Gasteiger partial charge in [0.15, 0.2) is 0 Å². The molecule has 1 saturated carbocycles. The SMILES string of the molecule is O=C1CCC(=O)N1CC1CCCC(CN2C(=O)CCC2=O)C1. The Labute approximate surface area is 129 Å². The molecule has 2 unspecified atom stereocenters. The monoisotopic (exact) mass is 306 g/mol. The highest BCUT2D eigenvalue weighted by Crippen LogP contribution is 2.32. The lowest BCUT2D eigenvalue weighted by Gasteiger charge is -2.32. The standard InChI is InChI=1S/C16H22N2O4/c19-13-4-5-14(20)17(13)9-11-2-1-3-12(8-11)10-18-15(21)6-7-16(18)22/h11-12H,1-10H2. The molecule has 0 N–H and O–H groups in total. The van der Waals surface area contributed by atoms with Crippen LogP contribution in [-0.2, 0) is 19.2 Å². The summed E-state index contributed by atoms with van der Waals surface area (Å²) in [6.45, 7) is 1.02. The molecule has 6 nitrogen and oxygen atoms in total. The van der Waals surface area contributed by atoms with Gasteiger partial charge in [-0.25, -0.2) is 0 Å². The zero-order valence-corrected chi connectivity index (χ0v) is 12.8. The van der Waals surface area contributed by atoms with Gasteiger partial charge in [0.05, 0.1) is 0 Å². The lowest BCUT2D eigenvalue weighted by Crippen LogP contribution is -2.39. The highest BCUT2D eigenvalue weighted by atomic mass is 16.2. The second-order valence-corrected chi connectivity index (χ2v) is 6.69. The van der Waals surface area contributed by atoms with Crippen LogP contribution in [0.2, 0.25) is 0 Å². The quantitative estimate of drug-likeness (QED) is 0.729. The Balaban J connectivity index is 1.55. The maximum absolute atomic E-state index is 11.7. The normalized spacial score (nSPS) is 29.8. The van der Waals surface area contributed by atoms with E-state index in [1.807, 2.05) is 0 Å². The van der Waals surface area contributed by atoms with Crippen LogP contribution >= 0.6 is 0 Å². The van der Waals surface area contributed by atoms with Crippen LogP contribution in [0.25, 0.3) is 0 Å². The second-order valence-electron chi connectivity index (χ2n) is 6.69. The lowest BCUT2D eigenvalue weighted by molar-refractivity contribution is -0.140. The summed E-state index contributed by atoms with van der Waals surface area (Å²) in [5.41, 5.74) is 0. The summed E-state index contributed by atoms with van der Waals surface area (Å²) in [4.78, 5) is 49.7. The summed E-state index contributed by atoms with van der Waals surface area (Å²) in [6, 6.07) is 0. The van der Waals surface area contributed by atoms with Crippen molar-refractivity contribution in [2.75, 3.05) is 13.1 Å². The largest absolute Gasteiger partial charge is 0.282 e. The molecule has 0 aromatic heterocycles. The van der Waals surface area contributed by atoms with E-state index < -0.39 is 0 Å². The van der Waals surface area contributed by atoms with E-state index in [1.165, 1.54) is 9.80 Å². The molecular formula is C16H22N2O4. The van der Waals surface area contributed by atoms with E-state index in [9.17, 15) is 19.2 Å². The Morgan fingerprint density at radius 1 is 0.682 bits per heavy atom. The molecule has 0 aromatic rings. The Bertz CT molecular complexity index is 440. The fourth-order valence-electron chi connectivity index (χ4n) is 3.90. The number of hydrogen-bond acceptors (Lipinski definition) is 4. The first kappa shape index (κ1) is 15.2. The van der Waals surface area contributed by atoms with Gasteiger partial charge in [-0.1, -0.05) is 6.42 Å². The van der Waals surface area contributed by atoms with E-state index in [1.54, 1.807) is 0 Å². The van der Waals surface area contributed by atoms with Crippen molar-refractivity contribution in [2.45, 2.75) is 51.4 Å². The zero-order chi connectivity index (χ0) is 15.7. The molecule has 4 amide bonds. The average molecular weight is 306 g/mol. The number of carbonyl (C=O) groups is 4. The van der Waals surface area contributed by atoms with Crippen LogP contribution in [0.1, 0.15) is 51.4 Å². The number of amides is 4. The van der Waals surface area contributed by atoms with Crippen LogP contribution in [0.3, 0.4) is 0 Å². The molecule has 3 fully saturated rings. The molecule has 22 heavy (non-hydrogen) atoms. The molecule has 2 aliphatic heterocycles. The van der Waals surface area contributed by atoms with Crippen molar-refractivity contribution >= 4 is 23.6 Å². The number of hydrogen-bond donors (Lipinski definition) is 0. The van der Waals surface area contributed by atoms with E-state index in [2.05, 4.69) is 0 Å². The third kappa shape index (κ3) is 3.05. The molecule has 0 radical (unpaired) electrons. The number of rotatable bonds is 4. The Hall–Kier alpha value is -1.72. The van der Waals surface area contributed by atoms with Gasteiger partial charge in [0, 0.05) is 38.8 Å². The topological polar surface area (TPSA) is 74.8 Å². The van der Waals surface area contributed by atoms with Crippen LogP contribution in [0.5, 0.6) is 0 Å². The summed E-state index contributed by atoms with van der Waals surface area (Å²) in [5, 5.41) is 0. The predicted molar refractivity (Wildman–Crippen MR) is 77.4 cm³/mol. The van der Waals surface area contributed by atoms with Gasteiger partial charge in [-0.3, -0.25) is 29.0 Å². The molecular weight excluding hydrogens is 284 g/mol. The first-order valence-electron chi connectivity index (χ1n) is 8.21. The third-order valence-corrected chi connectivity index (χ3v) is 5.08. The highest BCUT2D eigenvalue weighted by molar-refractivity contribution is 6.02. The van der Waals surface area contributed by atoms with Crippen LogP contribution in [0, 0.1) is 11.8 Å². The molecule has 2 saturated heterocycles. The zero-order valence-electron chi connectivity index (χ0n) is 12.8. The average Bonchev–Trinajstić information content (AvgIpc) is 2.98. The molecule has 3 aliphatic rings. The van der Waals surface area contributed by atoms with Crippen molar-refractivity contribution in [1.82, 2.24) is 9.80 Å². The van der Waals surface area contributed by atoms with Gasteiger partial charge in [0.25, 0.3) is 0 Å². The molecule has 0 spiro atoms. The Kier molecular flexibility index (Phi) is 4.27. The fourth-order valence-corrected chi connectivity index (χ4v) is 3.90. The maximum atomic E-state index is 11.7. The number of carbonyl (C=O) groups excluding carboxylic acids is 4. The van der Waals surface area contributed by atoms with Gasteiger partial charge < -0.3 is 0 Å². The van der Waals surface area contributed by atoms with Crippen molar-refractivity contribution in [3.63, 3.8) is 0 Å². The van der Waals surface area contributed by atoms with Crippen molar-refractivity contribution in [3.8, 4) is 0 Å². The first-order chi connectivity index (χ1) is 10.5. The molecule has 6 heteroatoms. The van der Waals surface area contributed by atoms with Crippen molar-refractivity contribution in [2.24, 2.45) is 11.8 Å². The summed E-state index contributed by atoms with van der Waals surface area (Å²) in [6.07, 6.45) is 5.29. The minimum absolute atomic E-state index is 0.0583. The molecule has 0 aromatic carbocycles. The molecule has 2 heterocycles. The summed E-state index contributed by atoms with van der Waals surface area (Å²) < 4.78 is 0. The van der Waals surface area contributed by atoms with Gasteiger partial charge in [0.2, 0.25) is 23.6 Å². The highest BCUT2D eigenvalue weighted by Gasteiger charge is 2.35. The van der Waals surface area contributed by atoms with E-state index in [0.29, 0.717) is 50.6 Å². The van der Waals surface area contributed by atoms with Crippen molar-refractivity contribution in [3.05, 3.63) is 0 Å². The predicted octanol–water partition coefficient (Wildman–Crippen LogP) is 1.09. The number of imide groups is 2. The fraction of sp³-hybridized carbons (Fsp3) is 0.750. The van der Waals surface area contributed by atoms with Crippen LogP contribution in [-0.4, -0.2) is 46.5 Å².